The Balaban J connectivity index is 1.71. The number of hydrogen-bond donors (Lipinski definition) is 3. The van der Waals surface area contributed by atoms with Crippen molar-refractivity contribution < 1.29 is 4.79 Å². The molecule has 2 unspecified atom stereocenters. The number of benzene rings is 1. The van der Waals surface area contributed by atoms with Crippen LogP contribution in [0.2, 0.25) is 5.02 Å². The van der Waals surface area contributed by atoms with Crippen LogP contribution in [-0.2, 0) is 10.3 Å². The fourth-order valence-electron chi connectivity index (χ4n) is 3.56. The summed E-state index contributed by atoms with van der Waals surface area (Å²) in [4.78, 5) is 12.8. The van der Waals surface area contributed by atoms with E-state index in [-0.39, 0.29) is 17.5 Å². The second-order valence-corrected chi connectivity index (χ2v) is 7.24. The highest BCUT2D eigenvalue weighted by Gasteiger charge is 2.40. The average Bonchev–Trinajstić information content (AvgIpc) is 3.30. The average molecular weight is 336 g/mol. The quantitative estimate of drug-likeness (QED) is 0.748. The van der Waals surface area contributed by atoms with Gasteiger partial charge in [-0.3, -0.25) is 10.2 Å². The lowest BCUT2D eigenvalue weighted by atomic mass is 9.84. The lowest BCUT2D eigenvalue weighted by molar-refractivity contribution is -0.125. The van der Waals surface area contributed by atoms with Gasteiger partial charge in [-0.2, -0.15) is 0 Å². The Hall–Kier alpha value is -1.10. The standard InChI is InChI=1S/C18H26ClN3O/c1-3-18(4-2,13-7-9-14(19)10-8-13)20-17(23)16-11-15(21-22-16)12-5-6-12/h7-10,12,15-16,21-22H,3-6,11H2,1-2H3,(H,20,23). The third-order valence-corrected chi connectivity index (χ3v) is 5.66. The van der Waals surface area contributed by atoms with Gasteiger partial charge >= 0.3 is 0 Å². The molecule has 1 saturated heterocycles. The molecule has 23 heavy (non-hydrogen) atoms. The molecular formula is C18H26ClN3O. The maximum Gasteiger partial charge on any atom is 0.239 e. The zero-order valence-electron chi connectivity index (χ0n) is 13.9. The molecule has 2 fully saturated rings. The van der Waals surface area contributed by atoms with Crippen LogP contribution in [0.5, 0.6) is 0 Å². The Morgan fingerprint density at radius 3 is 2.43 bits per heavy atom. The molecule has 1 aromatic carbocycles. The fraction of sp³-hybridized carbons (Fsp3) is 0.611. The minimum absolute atomic E-state index is 0.0827. The molecule has 3 rings (SSSR count). The van der Waals surface area contributed by atoms with E-state index < -0.39 is 0 Å². The number of rotatable bonds is 6. The summed E-state index contributed by atoms with van der Waals surface area (Å²) >= 11 is 6.00. The molecule has 126 valence electrons. The minimum atomic E-state index is -0.332. The van der Waals surface area contributed by atoms with E-state index in [1.165, 1.54) is 12.8 Å². The highest BCUT2D eigenvalue weighted by Crippen LogP contribution is 2.36. The van der Waals surface area contributed by atoms with E-state index >= 15 is 0 Å². The van der Waals surface area contributed by atoms with Crippen molar-refractivity contribution in [2.45, 2.75) is 63.6 Å². The summed E-state index contributed by atoms with van der Waals surface area (Å²) in [6, 6.07) is 8.11. The van der Waals surface area contributed by atoms with Crippen molar-refractivity contribution in [3.05, 3.63) is 34.9 Å². The third kappa shape index (κ3) is 3.54. The van der Waals surface area contributed by atoms with Crippen molar-refractivity contribution in [3.63, 3.8) is 0 Å². The smallest absolute Gasteiger partial charge is 0.239 e. The molecule has 0 aromatic heterocycles. The van der Waals surface area contributed by atoms with E-state index in [9.17, 15) is 4.79 Å². The van der Waals surface area contributed by atoms with Gasteiger partial charge in [0.15, 0.2) is 0 Å². The van der Waals surface area contributed by atoms with Crippen LogP contribution in [0, 0.1) is 5.92 Å². The van der Waals surface area contributed by atoms with E-state index in [0.29, 0.717) is 6.04 Å². The third-order valence-electron chi connectivity index (χ3n) is 5.41. The second-order valence-electron chi connectivity index (χ2n) is 6.81. The summed E-state index contributed by atoms with van der Waals surface area (Å²) in [6.45, 7) is 4.23. The summed E-state index contributed by atoms with van der Waals surface area (Å²) in [5.74, 6) is 0.831. The number of hydrazine groups is 1. The first-order valence-corrected chi connectivity index (χ1v) is 9.05. The lowest BCUT2D eigenvalue weighted by Gasteiger charge is -2.34. The molecule has 2 aliphatic rings. The number of nitrogens with one attached hydrogen (secondary N) is 3. The molecule has 1 saturated carbocycles. The van der Waals surface area contributed by atoms with Crippen LogP contribution in [-0.4, -0.2) is 18.0 Å². The first kappa shape index (κ1) is 16.7. The van der Waals surface area contributed by atoms with Gasteiger partial charge in [-0.15, -0.1) is 0 Å². The van der Waals surface area contributed by atoms with E-state index in [1.807, 2.05) is 24.3 Å². The van der Waals surface area contributed by atoms with Gasteiger partial charge in [-0.05, 0) is 55.7 Å². The Kier molecular flexibility index (Phi) is 4.95. The van der Waals surface area contributed by atoms with Crippen molar-refractivity contribution in [1.82, 2.24) is 16.2 Å². The van der Waals surface area contributed by atoms with E-state index in [4.69, 9.17) is 11.6 Å². The number of halogens is 1. The van der Waals surface area contributed by atoms with Gasteiger partial charge in [-0.25, -0.2) is 5.43 Å². The number of carbonyl (C=O) groups is 1. The van der Waals surface area contributed by atoms with Gasteiger partial charge in [0.2, 0.25) is 5.91 Å². The van der Waals surface area contributed by atoms with E-state index in [2.05, 4.69) is 30.0 Å². The zero-order valence-corrected chi connectivity index (χ0v) is 14.6. The van der Waals surface area contributed by atoms with Crippen LogP contribution in [0.1, 0.15) is 51.5 Å². The monoisotopic (exact) mass is 335 g/mol. The summed E-state index contributed by atoms with van der Waals surface area (Å²) in [7, 11) is 0. The SMILES string of the molecule is CCC(CC)(NC(=O)C1CC(C2CC2)NN1)c1ccc(Cl)cc1. The topological polar surface area (TPSA) is 53.2 Å². The molecule has 5 heteroatoms. The number of amides is 1. The first-order chi connectivity index (χ1) is 11.1. The Morgan fingerprint density at radius 1 is 1.22 bits per heavy atom. The molecule has 1 aromatic rings. The predicted molar refractivity (Wildman–Crippen MR) is 93.0 cm³/mol. The van der Waals surface area contributed by atoms with Crippen molar-refractivity contribution in [1.29, 1.82) is 0 Å². The van der Waals surface area contributed by atoms with Gasteiger partial charge in [0.1, 0.15) is 6.04 Å². The van der Waals surface area contributed by atoms with Crippen LogP contribution in [0.25, 0.3) is 0 Å². The second kappa shape index (κ2) is 6.80. The largest absolute Gasteiger partial charge is 0.345 e. The molecule has 2 atom stereocenters. The predicted octanol–water partition coefficient (Wildman–Crippen LogP) is 3.12. The highest BCUT2D eigenvalue weighted by molar-refractivity contribution is 6.30. The summed E-state index contributed by atoms with van der Waals surface area (Å²) in [6.07, 6.45) is 5.14. The molecule has 1 heterocycles. The van der Waals surface area contributed by atoms with Gasteiger partial charge in [0.05, 0.1) is 5.54 Å². The fourth-order valence-corrected chi connectivity index (χ4v) is 3.69. The van der Waals surface area contributed by atoms with Gasteiger partial charge in [0, 0.05) is 11.1 Å². The maximum absolute atomic E-state index is 12.8. The van der Waals surface area contributed by atoms with Gasteiger partial charge < -0.3 is 5.32 Å². The van der Waals surface area contributed by atoms with E-state index in [1.54, 1.807) is 0 Å². The van der Waals surface area contributed by atoms with Crippen LogP contribution in [0.15, 0.2) is 24.3 Å². The highest BCUT2D eigenvalue weighted by atomic mass is 35.5. The Bertz CT molecular complexity index is 552. The van der Waals surface area contributed by atoms with Crippen LogP contribution in [0.4, 0.5) is 0 Å². The maximum atomic E-state index is 12.8. The molecule has 1 aliphatic heterocycles. The normalized spacial score (nSPS) is 24.7. The minimum Gasteiger partial charge on any atom is -0.345 e. The molecule has 0 bridgehead atoms. The van der Waals surface area contributed by atoms with Crippen LogP contribution < -0.4 is 16.2 Å². The summed E-state index contributed by atoms with van der Waals surface area (Å²) < 4.78 is 0. The summed E-state index contributed by atoms with van der Waals surface area (Å²) in [5.41, 5.74) is 7.25. The lowest BCUT2D eigenvalue weighted by Crippen LogP contribution is -2.52. The Morgan fingerprint density at radius 2 is 1.87 bits per heavy atom. The van der Waals surface area contributed by atoms with Crippen LogP contribution >= 0.6 is 11.6 Å². The van der Waals surface area contributed by atoms with Crippen molar-refractivity contribution >= 4 is 17.5 Å². The molecule has 0 spiro atoms. The van der Waals surface area contributed by atoms with E-state index in [0.717, 1.165) is 35.8 Å². The molecule has 0 radical (unpaired) electrons. The summed E-state index contributed by atoms with van der Waals surface area (Å²) in [5, 5.41) is 4.02. The van der Waals surface area contributed by atoms with Crippen LogP contribution in [0.3, 0.4) is 0 Å². The Labute approximate surface area is 143 Å². The van der Waals surface area contributed by atoms with Crippen molar-refractivity contribution in [2.75, 3.05) is 0 Å². The zero-order chi connectivity index (χ0) is 16.4. The van der Waals surface area contributed by atoms with Gasteiger partial charge in [-0.1, -0.05) is 37.6 Å². The first-order valence-electron chi connectivity index (χ1n) is 8.67. The molecule has 3 N–H and O–H groups in total. The molecular weight excluding hydrogens is 310 g/mol. The molecule has 1 amide bonds. The molecule has 4 nitrogen and oxygen atoms in total. The molecule has 1 aliphatic carbocycles. The van der Waals surface area contributed by atoms with Gasteiger partial charge in [0.25, 0.3) is 0 Å². The number of hydrogen-bond acceptors (Lipinski definition) is 3. The van der Waals surface area contributed by atoms with Crippen molar-refractivity contribution in [2.24, 2.45) is 5.92 Å². The number of carbonyl (C=O) groups excluding carboxylic acids is 1. The van der Waals surface area contributed by atoms with Crippen molar-refractivity contribution in [3.8, 4) is 0 Å².